The summed E-state index contributed by atoms with van der Waals surface area (Å²) in [7, 11) is 1.69. The molecule has 1 aromatic rings. The van der Waals surface area contributed by atoms with Crippen molar-refractivity contribution >= 4 is 5.97 Å². The van der Waals surface area contributed by atoms with Crippen LogP contribution in [0.25, 0.3) is 0 Å². The van der Waals surface area contributed by atoms with Gasteiger partial charge < -0.3 is 9.84 Å². The summed E-state index contributed by atoms with van der Waals surface area (Å²) in [6.07, 6.45) is 0.889. The molecule has 1 atom stereocenters. The number of aliphatic hydroxyl groups is 1. The molecule has 1 aromatic heterocycles. The topological polar surface area (TPSA) is 64.3 Å². The van der Waals surface area contributed by atoms with Crippen LogP contribution >= 0.6 is 0 Å². The summed E-state index contributed by atoms with van der Waals surface area (Å²) < 4.78 is 6.29. The number of carbonyl (C=O) groups is 1. The van der Waals surface area contributed by atoms with Crippen LogP contribution in [-0.2, 0) is 11.8 Å². The van der Waals surface area contributed by atoms with Gasteiger partial charge in [-0.25, -0.2) is 4.79 Å². The van der Waals surface area contributed by atoms with E-state index in [1.54, 1.807) is 27.1 Å². The van der Waals surface area contributed by atoms with Crippen LogP contribution in [0.1, 0.15) is 36.0 Å². The van der Waals surface area contributed by atoms with Gasteiger partial charge in [-0.3, -0.25) is 4.68 Å². The summed E-state index contributed by atoms with van der Waals surface area (Å²) >= 11 is 0. The Morgan fingerprint density at radius 1 is 1.79 bits per heavy atom. The maximum Gasteiger partial charge on any atom is 0.359 e. The van der Waals surface area contributed by atoms with Crippen LogP contribution in [-0.4, -0.2) is 27.5 Å². The minimum absolute atomic E-state index is 0.185. The number of aryl methyl sites for hydroxylation is 1. The molecule has 1 N–H and O–H groups in total. The molecule has 1 rings (SSSR count). The molecule has 14 heavy (non-hydrogen) atoms. The second kappa shape index (κ2) is 4.23. The maximum atomic E-state index is 11.4. The fraction of sp³-hybridized carbons (Fsp3) is 0.556. The SMILES string of the molecule is CCOC(=O)c1nn(C)cc1[C@@H](C)O. The monoisotopic (exact) mass is 198 g/mol. The van der Waals surface area contributed by atoms with E-state index < -0.39 is 12.1 Å². The minimum Gasteiger partial charge on any atom is -0.461 e. The van der Waals surface area contributed by atoms with Crippen molar-refractivity contribution in [1.82, 2.24) is 9.78 Å². The number of aliphatic hydroxyl groups excluding tert-OH is 1. The van der Waals surface area contributed by atoms with Crippen molar-refractivity contribution in [2.24, 2.45) is 7.05 Å². The molecular weight excluding hydrogens is 184 g/mol. The van der Waals surface area contributed by atoms with Crippen molar-refractivity contribution in [1.29, 1.82) is 0 Å². The third-order valence-corrected chi connectivity index (χ3v) is 1.78. The van der Waals surface area contributed by atoms with Crippen LogP contribution in [0.2, 0.25) is 0 Å². The van der Waals surface area contributed by atoms with Crippen LogP contribution in [0.15, 0.2) is 6.20 Å². The lowest BCUT2D eigenvalue weighted by molar-refractivity contribution is 0.0512. The van der Waals surface area contributed by atoms with Gasteiger partial charge in [-0.2, -0.15) is 5.10 Å². The van der Waals surface area contributed by atoms with Gasteiger partial charge in [-0.1, -0.05) is 0 Å². The minimum atomic E-state index is -0.719. The average molecular weight is 198 g/mol. The van der Waals surface area contributed by atoms with E-state index in [0.29, 0.717) is 12.2 Å². The highest BCUT2D eigenvalue weighted by Crippen LogP contribution is 2.16. The number of carbonyl (C=O) groups excluding carboxylic acids is 1. The summed E-state index contributed by atoms with van der Waals surface area (Å²) in [5.41, 5.74) is 0.676. The molecule has 0 amide bonds. The van der Waals surface area contributed by atoms with Crippen LogP contribution in [0.3, 0.4) is 0 Å². The maximum absolute atomic E-state index is 11.4. The lowest BCUT2D eigenvalue weighted by Gasteiger charge is -2.03. The van der Waals surface area contributed by atoms with E-state index in [-0.39, 0.29) is 5.69 Å². The Bertz CT molecular complexity index is 331. The number of hydrogen-bond acceptors (Lipinski definition) is 4. The fourth-order valence-corrected chi connectivity index (χ4v) is 1.17. The number of nitrogens with zero attached hydrogens (tertiary/aromatic N) is 2. The van der Waals surface area contributed by atoms with E-state index >= 15 is 0 Å². The van der Waals surface area contributed by atoms with Gasteiger partial charge in [0.05, 0.1) is 12.7 Å². The lowest BCUT2D eigenvalue weighted by atomic mass is 10.1. The zero-order chi connectivity index (χ0) is 10.7. The first kappa shape index (κ1) is 10.7. The summed E-state index contributed by atoms with van der Waals surface area (Å²) in [5, 5.41) is 13.3. The molecule has 0 aliphatic heterocycles. The third kappa shape index (κ3) is 2.11. The third-order valence-electron chi connectivity index (χ3n) is 1.78. The van der Waals surface area contributed by atoms with Gasteiger partial charge in [0.2, 0.25) is 0 Å². The summed E-state index contributed by atoms with van der Waals surface area (Å²) in [6, 6.07) is 0. The first-order chi connectivity index (χ1) is 6.56. The first-order valence-corrected chi connectivity index (χ1v) is 4.45. The van der Waals surface area contributed by atoms with Crippen molar-refractivity contribution < 1.29 is 14.6 Å². The van der Waals surface area contributed by atoms with Gasteiger partial charge in [0.1, 0.15) is 0 Å². The zero-order valence-corrected chi connectivity index (χ0v) is 8.52. The lowest BCUT2D eigenvalue weighted by Crippen LogP contribution is -2.09. The average Bonchev–Trinajstić information content (AvgIpc) is 2.48. The van der Waals surface area contributed by atoms with E-state index in [4.69, 9.17) is 4.74 Å². The van der Waals surface area contributed by atoms with E-state index in [1.807, 2.05) is 0 Å². The number of rotatable bonds is 3. The summed E-state index contributed by atoms with van der Waals surface area (Å²) in [4.78, 5) is 11.4. The Kier molecular flexibility index (Phi) is 3.24. The molecule has 0 radical (unpaired) electrons. The van der Waals surface area contributed by atoms with Gasteiger partial charge in [-0.05, 0) is 13.8 Å². The highest BCUT2D eigenvalue weighted by Gasteiger charge is 2.19. The van der Waals surface area contributed by atoms with Gasteiger partial charge >= 0.3 is 5.97 Å². The molecule has 5 heteroatoms. The highest BCUT2D eigenvalue weighted by molar-refractivity contribution is 5.88. The summed E-state index contributed by atoms with van der Waals surface area (Å²) in [5.74, 6) is -0.496. The molecule has 0 aliphatic carbocycles. The molecular formula is C9H14N2O3. The molecule has 1 heterocycles. The Balaban J connectivity index is 3.00. The molecule has 78 valence electrons. The molecule has 0 spiro atoms. The van der Waals surface area contributed by atoms with E-state index in [1.165, 1.54) is 4.68 Å². The second-order valence-electron chi connectivity index (χ2n) is 3.00. The van der Waals surface area contributed by atoms with Crippen molar-refractivity contribution in [3.05, 3.63) is 17.5 Å². The number of hydrogen-bond donors (Lipinski definition) is 1. The predicted octanol–water partition coefficient (Wildman–Crippen LogP) is 0.650. The molecule has 0 fully saturated rings. The van der Waals surface area contributed by atoms with Gasteiger partial charge in [-0.15, -0.1) is 0 Å². The van der Waals surface area contributed by atoms with Crippen molar-refractivity contribution in [3.63, 3.8) is 0 Å². The number of ether oxygens (including phenoxy) is 1. The van der Waals surface area contributed by atoms with Crippen LogP contribution in [0, 0.1) is 0 Å². The van der Waals surface area contributed by atoms with E-state index in [0.717, 1.165) is 0 Å². The number of esters is 1. The summed E-state index contributed by atoms with van der Waals surface area (Å²) in [6.45, 7) is 3.61. The molecule has 0 unspecified atom stereocenters. The van der Waals surface area contributed by atoms with E-state index in [9.17, 15) is 9.90 Å². The fourth-order valence-electron chi connectivity index (χ4n) is 1.17. The predicted molar refractivity (Wildman–Crippen MR) is 49.8 cm³/mol. The molecule has 0 bridgehead atoms. The van der Waals surface area contributed by atoms with Crippen LogP contribution in [0.4, 0.5) is 0 Å². The van der Waals surface area contributed by atoms with Gasteiger partial charge in [0.25, 0.3) is 0 Å². The number of aromatic nitrogens is 2. The van der Waals surface area contributed by atoms with Crippen molar-refractivity contribution in [3.8, 4) is 0 Å². The zero-order valence-electron chi connectivity index (χ0n) is 8.52. The van der Waals surface area contributed by atoms with E-state index in [2.05, 4.69) is 5.10 Å². The highest BCUT2D eigenvalue weighted by atomic mass is 16.5. The van der Waals surface area contributed by atoms with Gasteiger partial charge in [0.15, 0.2) is 5.69 Å². The van der Waals surface area contributed by atoms with Crippen molar-refractivity contribution in [2.45, 2.75) is 20.0 Å². The van der Waals surface area contributed by atoms with Crippen LogP contribution < -0.4 is 0 Å². The largest absolute Gasteiger partial charge is 0.461 e. The molecule has 5 nitrogen and oxygen atoms in total. The molecule has 0 aromatic carbocycles. The molecule has 0 saturated carbocycles. The smallest absolute Gasteiger partial charge is 0.359 e. The standard InChI is InChI=1S/C9H14N2O3/c1-4-14-9(13)8-7(6(2)12)5-11(3)10-8/h5-6,12H,4H2,1-3H3/t6-/m1/s1. The van der Waals surface area contributed by atoms with Gasteiger partial charge in [0, 0.05) is 18.8 Å². The molecule has 0 saturated heterocycles. The Labute approximate surface area is 82.3 Å². The Morgan fingerprint density at radius 3 is 2.93 bits per heavy atom. The quantitative estimate of drug-likeness (QED) is 0.724. The second-order valence-corrected chi connectivity index (χ2v) is 3.00. The van der Waals surface area contributed by atoms with Crippen molar-refractivity contribution in [2.75, 3.05) is 6.61 Å². The molecule has 0 aliphatic rings. The Hall–Kier alpha value is -1.36. The Morgan fingerprint density at radius 2 is 2.43 bits per heavy atom. The normalized spacial score (nSPS) is 12.6. The first-order valence-electron chi connectivity index (χ1n) is 4.45. The van der Waals surface area contributed by atoms with Crippen LogP contribution in [0.5, 0.6) is 0 Å².